The summed E-state index contributed by atoms with van der Waals surface area (Å²) in [4.78, 5) is 12.3. The first-order chi connectivity index (χ1) is 11.4. The Hall–Kier alpha value is -1.45. The van der Waals surface area contributed by atoms with Gasteiger partial charge in [-0.2, -0.15) is 0 Å². The van der Waals surface area contributed by atoms with Gasteiger partial charge in [-0.3, -0.25) is 4.79 Å². The third-order valence-electron chi connectivity index (χ3n) is 5.71. The lowest BCUT2D eigenvalue weighted by Crippen LogP contribution is -2.30. The van der Waals surface area contributed by atoms with Gasteiger partial charge in [0.25, 0.3) is 0 Å². The van der Waals surface area contributed by atoms with Crippen molar-refractivity contribution in [1.29, 1.82) is 0 Å². The molecule has 132 valence electrons. The second-order valence-corrected chi connectivity index (χ2v) is 7.64. The number of aliphatic hydroxyl groups is 2. The number of carbonyl (C=O) groups excluding carboxylic acids is 1. The summed E-state index contributed by atoms with van der Waals surface area (Å²) in [5.74, 6) is 0.676. The molecular weight excluding hydrogens is 300 g/mol. The quantitative estimate of drug-likeness (QED) is 0.715. The molecule has 0 fully saturated rings. The van der Waals surface area contributed by atoms with Crippen LogP contribution in [0.5, 0.6) is 0 Å². The van der Waals surface area contributed by atoms with E-state index in [0.717, 1.165) is 12.8 Å². The number of hydrogen-bond acceptors (Lipinski definition) is 3. The lowest BCUT2D eigenvalue weighted by molar-refractivity contribution is -0.119. The fourth-order valence-electron chi connectivity index (χ4n) is 3.58. The fourth-order valence-corrected chi connectivity index (χ4v) is 3.58. The molecule has 2 aliphatic rings. The predicted molar refractivity (Wildman–Crippen MR) is 97.4 cm³/mol. The van der Waals surface area contributed by atoms with Crippen LogP contribution in [0.3, 0.4) is 0 Å². The molecule has 2 N–H and O–H groups in total. The first kappa shape index (κ1) is 18.9. The van der Waals surface area contributed by atoms with Crippen molar-refractivity contribution in [1.82, 2.24) is 0 Å². The zero-order valence-electron chi connectivity index (χ0n) is 14.8. The van der Waals surface area contributed by atoms with Crippen molar-refractivity contribution in [3.05, 3.63) is 48.6 Å². The van der Waals surface area contributed by atoms with Gasteiger partial charge in [0, 0.05) is 23.7 Å². The molecule has 3 nitrogen and oxygen atoms in total. The van der Waals surface area contributed by atoms with Gasteiger partial charge >= 0.3 is 0 Å². The summed E-state index contributed by atoms with van der Waals surface area (Å²) in [5.41, 5.74) is -0.525. The topological polar surface area (TPSA) is 57.5 Å². The van der Waals surface area contributed by atoms with E-state index in [-0.39, 0.29) is 41.7 Å². The SMILES string of the molecule is CC1(CO)C=CC=CC1CCC(=O)CCC1C=CC=CC1(C)CO. The van der Waals surface area contributed by atoms with E-state index < -0.39 is 0 Å². The number of Topliss-reactive ketones (excluding diaryl/α,β-unsaturated/α-hetero) is 1. The van der Waals surface area contributed by atoms with Crippen LogP contribution in [0.2, 0.25) is 0 Å². The van der Waals surface area contributed by atoms with E-state index in [9.17, 15) is 15.0 Å². The highest BCUT2D eigenvalue weighted by atomic mass is 16.3. The molecule has 24 heavy (non-hydrogen) atoms. The maximum atomic E-state index is 12.3. The molecule has 0 saturated carbocycles. The fraction of sp³-hybridized carbons (Fsp3) is 0.571. The molecule has 0 bridgehead atoms. The summed E-state index contributed by atoms with van der Waals surface area (Å²) < 4.78 is 0. The van der Waals surface area contributed by atoms with Gasteiger partial charge in [-0.15, -0.1) is 0 Å². The average Bonchev–Trinajstić information content (AvgIpc) is 2.60. The molecule has 0 aromatic rings. The van der Waals surface area contributed by atoms with Crippen molar-refractivity contribution in [3.63, 3.8) is 0 Å². The normalized spacial score (nSPS) is 34.7. The van der Waals surface area contributed by atoms with Crippen molar-refractivity contribution < 1.29 is 15.0 Å². The number of hydrogen-bond donors (Lipinski definition) is 2. The highest BCUT2D eigenvalue weighted by molar-refractivity contribution is 5.78. The van der Waals surface area contributed by atoms with Crippen LogP contribution in [0.15, 0.2) is 48.6 Å². The molecule has 4 unspecified atom stereocenters. The van der Waals surface area contributed by atoms with E-state index in [2.05, 4.69) is 12.2 Å². The van der Waals surface area contributed by atoms with Gasteiger partial charge in [0.1, 0.15) is 5.78 Å². The first-order valence-electron chi connectivity index (χ1n) is 8.89. The summed E-state index contributed by atoms with van der Waals surface area (Å²) in [5, 5.41) is 19.3. The number of aliphatic hydroxyl groups excluding tert-OH is 2. The van der Waals surface area contributed by atoms with Crippen LogP contribution in [-0.2, 0) is 4.79 Å². The Labute approximate surface area is 145 Å². The zero-order chi connectivity index (χ0) is 17.6. The molecule has 0 amide bonds. The smallest absolute Gasteiger partial charge is 0.132 e. The monoisotopic (exact) mass is 330 g/mol. The third kappa shape index (κ3) is 4.34. The van der Waals surface area contributed by atoms with E-state index in [1.165, 1.54) is 0 Å². The Kier molecular flexibility index (Phi) is 6.36. The van der Waals surface area contributed by atoms with Crippen molar-refractivity contribution in [2.45, 2.75) is 39.5 Å². The zero-order valence-corrected chi connectivity index (χ0v) is 14.8. The molecule has 0 radical (unpaired) electrons. The minimum atomic E-state index is -0.263. The van der Waals surface area contributed by atoms with Crippen molar-refractivity contribution >= 4 is 5.78 Å². The minimum Gasteiger partial charge on any atom is -0.395 e. The molecule has 3 heteroatoms. The number of ketones is 1. The van der Waals surface area contributed by atoms with E-state index in [1.807, 2.05) is 50.3 Å². The molecule has 0 spiro atoms. The third-order valence-corrected chi connectivity index (χ3v) is 5.71. The van der Waals surface area contributed by atoms with E-state index >= 15 is 0 Å². The number of carbonyl (C=O) groups is 1. The molecule has 2 rings (SSSR count). The lowest BCUT2D eigenvalue weighted by atomic mass is 9.71. The van der Waals surface area contributed by atoms with Gasteiger partial charge in [-0.25, -0.2) is 0 Å². The van der Waals surface area contributed by atoms with Gasteiger partial charge in [0.15, 0.2) is 0 Å². The van der Waals surface area contributed by atoms with Gasteiger partial charge < -0.3 is 10.2 Å². The van der Waals surface area contributed by atoms with Crippen LogP contribution in [0, 0.1) is 22.7 Å². The summed E-state index contributed by atoms with van der Waals surface area (Å²) >= 11 is 0. The van der Waals surface area contributed by atoms with E-state index in [0.29, 0.717) is 12.8 Å². The van der Waals surface area contributed by atoms with Gasteiger partial charge in [0.05, 0.1) is 13.2 Å². The molecule has 0 heterocycles. The predicted octanol–water partition coefficient (Wildman–Crippen LogP) is 3.60. The largest absolute Gasteiger partial charge is 0.395 e. The van der Waals surface area contributed by atoms with Crippen LogP contribution in [0.4, 0.5) is 0 Å². The molecule has 4 atom stereocenters. The van der Waals surface area contributed by atoms with Crippen LogP contribution in [0.25, 0.3) is 0 Å². The highest BCUT2D eigenvalue weighted by Gasteiger charge is 2.32. The standard InChI is InChI=1S/C21H30O3/c1-20(15-22)13-5-3-7-17(20)9-11-19(24)12-10-18-8-4-6-14-21(18,2)16-23/h3-8,13-14,17-18,22-23H,9-12,15-16H2,1-2H3. The molecule has 0 aliphatic heterocycles. The van der Waals surface area contributed by atoms with E-state index in [4.69, 9.17) is 0 Å². The Balaban J connectivity index is 1.82. The highest BCUT2D eigenvalue weighted by Crippen LogP contribution is 2.37. The van der Waals surface area contributed by atoms with Crippen LogP contribution >= 0.6 is 0 Å². The molecule has 2 aliphatic carbocycles. The van der Waals surface area contributed by atoms with Crippen molar-refractivity contribution in [2.75, 3.05) is 13.2 Å². The maximum absolute atomic E-state index is 12.3. The van der Waals surface area contributed by atoms with Crippen LogP contribution in [-0.4, -0.2) is 29.2 Å². The second kappa shape index (κ2) is 8.09. The Bertz CT molecular complexity index is 509. The summed E-state index contributed by atoms with van der Waals surface area (Å²) in [6, 6.07) is 0. The average molecular weight is 330 g/mol. The lowest BCUT2D eigenvalue weighted by Gasteiger charge is -2.34. The molecule has 0 aromatic carbocycles. The number of rotatable bonds is 8. The minimum absolute atomic E-state index is 0.0980. The maximum Gasteiger partial charge on any atom is 0.132 e. The Morgan fingerprint density at radius 3 is 1.62 bits per heavy atom. The van der Waals surface area contributed by atoms with Crippen molar-refractivity contribution in [3.8, 4) is 0 Å². The van der Waals surface area contributed by atoms with Gasteiger partial charge in [-0.05, 0) is 24.7 Å². The second-order valence-electron chi connectivity index (χ2n) is 7.64. The van der Waals surface area contributed by atoms with Crippen LogP contribution in [0.1, 0.15) is 39.5 Å². The molecule has 0 saturated heterocycles. The summed E-state index contributed by atoms with van der Waals surface area (Å²) in [7, 11) is 0. The van der Waals surface area contributed by atoms with Gasteiger partial charge in [-0.1, -0.05) is 62.5 Å². The first-order valence-corrected chi connectivity index (χ1v) is 8.89. The summed E-state index contributed by atoms with van der Waals surface area (Å²) in [6.07, 6.45) is 18.8. The molecule has 0 aromatic heterocycles. The Morgan fingerprint density at radius 1 is 0.833 bits per heavy atom. The van der Waals surface area contributed by atoms with Crippen LogP contribution < -0.4 is 0 Å². The van der Waals surface area contributed by atoms with Gasteiger partial charge in [0.2, 0.25) is 0 Å². The van der Waals surface area contributed by atoms with E-state index in [1.54, 1.807) is 0 Å². The summed E-state index contributed by atoms with van der Waals surface area (Å²) in [6.45, 7) is 4.27. The molecular formula is C21H30O3. The Morgan fingerprint density at radius 2 is 1.25 bits per heavy atom. The van der Waals surface area contributed by atoms with Crippen molar-refractivity contribution in [2.24, 2.45) is 22.7 Å². The number of allylic oxidation sites excluding steroid dienone is 6.